The van der Waals surface area contributed by atoms with E-state index in [9.17, 15) is 4.79 Å². The molecule has 3 aromatic rings. The number of nitrogens with one attached hydrogen (secondary N) is 1. The molecule has 0 saturated heterocycles. The number of esters is 1. The monoisotopic (exact) mass is 423 g/mol. The van der Waals surface area contributed by atoms with Gasteiger partial charge in [-0.3, -0.25) is 4.79 Å². The van der Waals surface area contributed by atoms with Crippen molar-refractivity contribution in [1.82, 2.24) is 9.99 Å². The van der Waals surface area contributed by atoms with Gasteiger partial charge in [0.1, 0.15) is 0 Å². The quantitative estimate of drug-likeness (QED) is 0.316. The molecule has 0 aliphatic carbocycles. The third-order valence-electron chi connectivity index (χ3n) is 4.84. The first kappa shape index (κ1) is 21.7. The third-order valence-corrected chi connectivity index (χ3v) is 5.21. The van der Waals surface area contributed by atoms with Crippen molar-refractivity contribution in [2.75, 3.05) is 6.61 Å². The first-order valence-electron chi connectivity index (χ1n) is 9.92. The average Bonchev–Trinajstić information content (AvgIpc) is 3.01. The SMILES string of the molecule is CCOC(=O)Cc1ccc(-n2c(C)cc(/C=N\NCc3ccccc3Cl)c2C)cc1. The molecule has 6 heteroatoms. The minimum Gasteiger partial charge on any atom is -0.466 e. The van der Waals surface area contributed by atoms with E-state index in [-0.39, 0.29) is 12.4 Å². The first-order chi connectivity index (χ1) is 14.5. The highest BCUT2D eigenvalue weighted by molar-refractivity contribution is 6.31. The molecule has 0 atom stereocenters. The fraction of sp³-hybridized carbons (Fsp3) is 0.250. The second-order valence-corrected chi connectivity index (χ2v) is 7.40. The van der Waals surface area contributed by atoms with Gasteiger partial charge in [0.05, 0.1) is 25.8 Å². The molecular formula is C24H26ClN3O2. The molecule has 5 nitrogen and oxygen atoms in total. The summed E-state index contributed by atoms with van der Waals surface area (Å²) in [5.41, 5.74) is 9.28. The zero-order valence-corrected chi connectivity index (χ0v) is 18.2. The van der Waals surface area contributed by atoms with Crippen LogP contribution in [0.2, 0.25) is 5.02 Å². The Morgan fingerprint density at radius 3 is 2.60 bits per heavy atom. The Labute approximate surface area is 182 Å². The van der Waals surface area contributed by atoms with Gasteiger partial charge in [-0.1, -0.05) is 41.9 Å². The molecular weight excluding hydrogens is 398 g/mol. The van der Waals surface area contributed by atoms with Crippen molar-refractivity contribution < 1.29 is 9.53 Å². The Balaban J connectivity index is 1.69. The van der Waals surface area contributed by atoms with Crippen LogP contribution in [0.5, 0.6) is 0 Å². The lowest BCUT2D eigenvalue weighted by Gasteiger charge is -2.10. The molecule has 0 fully saturated rings. The molecule has 30 heavy (non-hydrogen) atoms. The zero-order chi connectivity index (χ0) is 21.5. The summed E-state index contributed by atoms with van der Waals surface area (Å²) in [4.78, 5) is 11.7. The van der Waals surface area contributed by atoms with Crippen molar-refractivity contribution in [3.63, 3.8) is 0 Å². The van der Waals surface area contributed by atoms with Crippen LogP contribution in [0.1, 0.15) is 35.0 Å². The van der Waals surface area contributed by atoms with Gasteiger partial charge in [0, 0.05) is 27.7 Å². The summed E-state index contributed by atoms with van der Waals surface area (Å²) in [7, 11) is 0. The predicted octanol–water partition coefficient (Wildman–Crippen LogP) is 4.98. The van der Waals surface area contributed by atoms with Gasteiger partial charge in [-0.25, -0.2) is 0 Å². The minimum absolute atomic E-state index is 0.207. The maximum Gasteiger partial charge on any atom is 0.310 e. The van der Waals surface area contributed by atoms with Crippen molar-refractivity contribution in [2.24, 2.45) is 5.10 Å². The van der Waals surface area contributed by atoms with Gasteiger partial charge in [-0.05, 0) is 56.2 Å². The number of carbonyl (C=O) groups excluding carboxylic acids is 1. The number of aryl methyl sites for hydroxylation is 1. The van der Waals surface area contributed by atoms with Gasteiger partial charge in [0.25, 0.3) is 0 Å². The summed E-state index contributed by atoms with van der Waals surface area (Å²) in [6.07, 6.45) is 2.11. The van der Waals surface area contributed by atoms with Gasteiger partial charge in [-0.2, -0.15) is 5.10 Å². The van der Waals surface area contributed by atoms with Crippen molar-refractivity contribution in [3.8, 4) is 5.69 Å². The molecule has 1 N–H and O–H groups in total. The largest absolute Gasteiger partial charge is 0.466 e. The van der Waals surface area contributed by atoms with E-state index in [1.807, 2.05) is 61.7 Å². The molecule has 0 aliphatic heterocycles. The summed E-state index contributed by atoms with van der Waals surface area (Å²) >= 11 is 6.17. The predicted molar refractivity (Wildman–Crippen MR) is 121 cm³/mol. The number of nitrogens with zero attached hydrogens (tertiary/aromatic N) is 2. The summed E-state index contributed by atoms with van der Waals surface area (Å²) in [6.45, 7) is 6.90. The van der Waals surface area contributed by atoms with Crippen LogP contribution in [0, 0.1) is 13.8 Å². The van der Waals surface area contributed by atoms with E-state index >= 15 is 0 Å². The van der Waals surface area contributed by atoms with Crippen LogP contribution in [-0.2, 0) is 22.5 Å². The maximum atomic E-state index is 11.7. The molecule has 0 amide bonds. The molecule has 3 rings (SSSR count). The van der Waals surface area contributed by atoms with E-state index < -0.39 is 0 Å². The Bertz CT molecular complexity index is 1040. The van der Waals surface area contributed by atoms with E-state index in [1.165, 1.54) is 0 Å². The fourth-order valence-corrected chi connectivity index (χ4v) is 3.55. The van der Waals surface area contributed by atoms with Gasteiger partial charge in [0.15, 0.2) is 0 Å². The first-order valence-corrected chi connectivity index (χ1v) is 10.3. The van der Waals surface area contributed by atoms with Gasteiger partial charge in [0.2, 0.25) is 0 Å². The Kier molecular flexibility index (Phi) is 7.31. The number of rotatable bonds is 8. The molecule has 0 spiro atoms. The van der Waals surface area contributed by atoms with Crippen LogP contribution in [0.3, 0.4) is 0 Å². The molecule has 1 aromatic heterocycles. The molecule has 0 aliphatic rings. The Hall–Kier alpha value is -3.05. The summed E-state index contributed by atoms with van der Waals surface area (Å²) in [5, 5.41) is 5.08. The van der Waals surface area contributed by atoms with E-state index in [1.54, 1.807) is 0 Å². The number of hydrogen-bond donors (Lipinski definition) is 1. The highest BCUT2D eigenvalue weighted by Crippen LogP contribution is 2.20. The lowest BCUT2D eigenvalue weighted by molar-refractivity contribution is -0.142. The van der Waals surface area contributed by atoms with Crippen LogP contribution >= 0.6 is 11.6 Å². The number of aromatic nitrogens is 1. The van der Waals surface area contributed by atoms with E-state index in [2.05, 4.69) is 35.0 Å². The molecule has 0 unspecified atom stereocenters. The molecule has 1 heterocycles. The summed E-state index contributed by atoms with van der Waals surface area (Å²) < 4.78 is 7.18. The molecule has 0 bridgehead atoms. The maximum absolute atomic E-state index is 11.7. The Morgan fingerprint density at radius 2 is 1.90 bits per heavy atom. The third kappa shape index (κ3) is 5.30. The smallest absolute Gasteiger partial charge is 0.310 e. The molecule has 0 radical (unpaired) electrons. The molecule has 156 valence electrons. The van der Waals surface area contributed by atoms with Crippen molar-refractivity contribution in [3.05, 3.63) is 87.7 Å². The van der Waals surface area contributed by atoms with Crippen LogP contribution in [0.25, 0.3) is 5.69 Å². The van der Waals surface area contributed by atoms with Crippen LogP contribution in [-0.4, -0.2) is 23.4 Å². The molecule has 0 saturated carbocycles. The van der Waals surface area contributed by atoms with Gasteiger partial charge in [-0.15, -0.1) is 0 Å². The van der Waals surface area contributed by atoms with E-state index in [4.69, 9.17) is 16.3 Å². The fourth-order valence-electron chi connectivity index (χ4n) is 3.34. The van der Waals surface area contributed by atoms with Crippen LogP contribution in [0.4, 0.5) is 0 Å². The summed E-state index contributed by atoms with van der Waals surface area (Å²) in [5.74, 6) is -0.207. The average molecular weight is 424 g/mol. The Morgan fingerprint density at radius 1 is 1.17 bits per heavy atom. The minimum atomic E-state index is -0.207. The lowest BCUT2D eigenvalue weighted by Crippen LogP contribution is -2.07. The number of ether oxygens (including phenoxy) is 1. The highest BCUT2D eigenvalue weighted by Gasteiger charge is 2.10. The lowest BCUT2D eigenvalue weighted by atomic mass is 10.1. The number of carbonyl (C=O) groups is 1. The van der Waals surface area contributed by atoms with Crippen LogP contribution in [0.15, 0.2) is 59.7 Å². The standard InChI is InChI=1S/C24H26ClN3O2/c1-4-30-24(29)14-19-9-11-22(12-10-19)28-17(2)13-21(18(28)3)16-27-26-15-20-7-5-6-8-23(20)25/h5-13,16,26H,4,14-15H2,1-3H3/b27-16-. The number of hydrazone groups is 1. The molecule has 2 aromatic carbocycles. The zero-order valence-electron chi connectivity index (χ0n) is 17.5. The summed E-state index contributed by atoms with van der Waals surface area (Å²) in [6, 6.07) is 17.8. The van der Waals surface area contributed by atoms with Gasteiger partial charge < -0.3 is 14.7 Å². The number of hydrogen-bond acceptors (Lipinski definition) is 4. The highest BCUT2D eigenvalue weighted by atomic mass is 35.5. The number of halogens is 1. The topological polar surface area (TPSA) is 55.6 Å². The van der Waals surface area contributed by atoms with Crippen molar-refractivity contribution in [2.45, 2.75) is 33.7 Å². The van der Waals surface area contributed by atoms with Crippen molar-refractivity contribution >= 4 is 23.8 Å². The van der Waals surface area contributed by atoms with E-state index in [0.29, 0.717) is 13.2 Å². The van der Waals surface area contributed by atoms with Gasteiger partial charge >= 0.3 is 5.97 Å². The second-order valence-electron chi connectivity index (χ2n) is 6.99. The van der Waals surface area contributed by atoms with E-state index in [0.717, 1.165) is 38.8 Å². The second kappa shape index (κ2) is 10.1. The van der Waals surface area contributed by atoms with Crippen molar-refractivity contribution in [1.29, 1.82) is 0 Å². The normalized spacial score (nSPS) is 11.1. The number of benzene rings is 2. The van der Waals surface area contributed by atoms with Crippen LogP contribution < -0.4 is 5.43 Å².